The fraction of sp³-hybridized carbons (Fsp3) is 0.455. The van der Waals surface area contributed by atoms with Crippen molar-refractivity contribution in [3.8, 4) is 5.75 Å². The van der Waals surface area contributed by atoms with Crippen LogP contribution in [0.3, 0.4) is 0 Å². The van der Waals surface area contributed by atoms with Crippen LogP contribution in [0.1, 0.15) is 18.5 Å². The Labute approximate surface area is 101 Å². The first-order valence-electron chi connectivity index (χ1n) is 4.67. The Balaban J connectivity index is 3.17. The van der Waals surface area contributed by atoms with Crippen LogP contribution in [0.2, 0.25) is 10.0 Å². The number of methoxy groups -OCH3 is 1. The van der Waals surface area contributed by atoms with Gasteiger partial charge in [0.15, 0.2) is 0 Å². The van der Waals surface area contributed by atoms with Crippen molar-refractivity contribution in [2.45, 2.75) is 13.0 Å². The van der Waals surface area contributed by atoms with Gasteiger partial charge in [-0.2, -0.15) is 0 Å². The van der Waals surface area contributed by atoms with Crippen LogP contribution in [0.25, 0.3) is 0 Å². The highest BCUT2D eigenvalue weighted by atomic mass is 35.5. The average molecular weight is 248 g/mol. The van der Waals surface area contributed by atoms with Gasteiger partial charge in [0.1, 0.15) is 10.8 Å². The highest BCUT2D eigenvalue weighted by Gasteiger charge is 2.16. The molecule has 1 aromatic rings. The standard InChI is InChI=1S/C11H15Cl2NO/c1-7(14(2)3)8-5-6-9(15-4)11(13)10(8)12/h5-7H,1-4H3. The van der Waals surface area contributed by atoms with Crippen molar-refractivity contribution in [3.05, 3.63) is 27.7 Å². The van der Waals surface area contributed by atoms with Crippen LogP contribution in [0.4, 0.5) is 0 Å². The van der Waals surface area contributed by atoms with E-state index in [4.69, 9.17) is 27.9 Å². The topological polar surface area (TPSA) is 12.5 Å². The molecular formula is C11H15Cl2NO. The third kappa shape index (κ3) is 2.57. The predicted octanol–water partition coefficient (Wildman–Crippen LogP) is 3.62. The molecule has 0 fully saturated rings. The predicted molar refractivity (Wildman–Crippen MR) is 65.1 cm³/mol. The first-order chi connectivity index (χ1) is 6.99. The minimum Gasteiger partial charge on any atom is -0.495 e. The van der Waals surface area contributed by atoms with Crippen LogP contribution in [-0.4, -0.2) is 26.1 Å². The molecule has 0 bridgehead atoms. The molecule has 0 saturated carbocycles. The molecule has 0 amide bonds. The molecule has 0 aliphatic heterocycles. The van der Waals surface area contributed by atoms with Crippen molar-refractivity contribution < 1.29 is 4.74 Å². The smallest absolute Gasteiger partial charge is 0.139 e. The van der Waals surface area contributed by atoms with E-state index in [-0.39, 0.29) is 6.04 Å². The Hall–Kier alpha value is -0.440. The van der Waals surface area contributed by atoms with Gasteiger partial charge in [0.2, 0.25) is 0 Å². The maximum Gasteiger partial charge on any atom is 0.139 e. The van der Waals surface area contributed by atoms with Gasteiger partial charge < -0.3 is 9.64 Å². The zero-order chi connectivity index (χ0) is 11.6. The maximum absolute atomic E-state index is 6.18. The molecule has 1 unspecified atom stereocenters. The Bertz CT molecular complexity index is 353. The van der Waals surface area contributed by atoms with E-state index in [1.54, 1.807) is 7.11 Å². The molecule has 2 nitrogen and oxygen atoms in total. The molecule has 15 heavy (non-hydrogen) atoms. The molecule has 0 aliphatic rings. The van der Waals surface area contributed by atoms with Crippen LogP contribution < -0.4 is 4.74 Å². The van der Waals surface area contributed by atoms with Crippen molar-refractivity contribution in [1.29, 1.82) is 0 Å². The summed E-state index contributed by atoms with van der Waals surface area (Å²) in [7, 11) is 5.57. The summed E-state index contributed by atoms with van der Waals surface area (Å²) in [5.41, 5.74) is 1.01. The van der Waals surface area contributed by atoms with E-state index in [1.807, 2.05) is 26.2 Å². The SMILES string of the molecule is COc1ccc(C(C)N(C)C)c(Cl)c1Cl. The summed E-state index contributed by atoms with van der Waals surface area (Å²) in [5, 5.41) is 1.04. The van der Waals surface area contributed by atoms with Crippen LogP contribution >= 0.6 is 23.2 Å². The van der Waals surface area contributed by atoms with Gasteiger partial charge in [0, 0.05) is 6.04 Å². The molecule has 0 aromatic heterocycles. The zero-order valence-electron chi connectivity index (χ0n) is 9.34. The fourth-order valence-electron chi connectivity index (χ4n) is 1.31. The number of nitrogens with zero attached hydrogens (tertiary/aromatic N) is 1. The molecule has 0 N–H and O–H groups in total. The van der Waals surface area contributed by atoms with Crippen molar-refractivity contribution in [1.82, 2.24) is 4.90 Å². The fourth-order valence-corrected chi connectivity index (χ4v) is 1.87. The molecule has 4 heteroatoms. The second-order valence-electron chi connectivity index (χ2n) is 3.62. The van der Waals surface area contributed by atoms with Crippen LogP contribution in [-0.2, 0) is 0 Å². The van der Waals surface area contributed by atoms with Gasteiger partial charge in [-0.3, -0.25) is 0 Å². The second-order valence-corrected chi connectivity index (χ2v) is 4.38. The summed E-state index contributed by atoms with van der Waals surface area (Å²) in [6.45, 7) is 2.07. The molecule has 1 atom stereocenters. The van der Waals surface area contributed by atoms with Crippen LogP contribution in [0, 0.1) is 0 Å². The molecule has 0 spiro atoms. The lowest BCUT2D eigenvalue weighted by Gasteiger charge is -2.22. The van der Waals surface area contributed by atoms with E-state index in [0.29, 0.717) is 15.8 Å². The third-order valence-electron chi connectivity index (χ3n) is 2.52. The van der Waals surface area contributed by atoms with Gasteiger partial charge in [-0.25, -0.2) is 0 Å². The molecule has 1 aromatic carbocycles. The Kier molecular flexibility index (Phi) is 4.26. The summed E-state index contributed by atoms with van der Waals surface area (Å²) < 4.78 is 5.09. The zero-order valence-corrected chi connectivity index (χ0v) is 10.9. The minimum atomic E-state index is 0.223. The Morgan fingerprint density at radius 1 is 1.20 bits per heavy atom. The van der Waals surface area contributed by atoms with Gasteiger partial charge in [-0.05, 0) is 32.6 Å². The Morgan fingerprint density at radius 3 is 2.27 bits per heavy atom. The van der Waals surface area contributed by atoms with E-state index < -0.39 is 0 Å². The maximum atomic E-state index is 6.18. The summed E-state index contributed by atoms with van der Waals surface area (Å²) in [6, 6.07) is 4.00. The highest BCUT2D eigenvalue weighted by Crippen LogP contribution is 2.37. The first-order valence-corrected chi connectivity index (χ1v) is 5.43. The molecular weight excluding hydrogens is 233 g/mol. The van der Waals surface area contributed by atoms with Gasteiger partial charge in [0.25, 0.3) is 0 Å². The number of hydrogen-bond donors (Lipinski definition) is 0. The lowest BCUT2D eigenvalue weighted by atomic mass is 10.1. The molecule has 0 aliphatic carbocycles. The molecule has 0 radical (unpaired) electrons. The van der Waals surface area contributed by atoms with Crippen molar-refractivity contribution in [3.63, 3.8) is 0 Å². The average Bonchev–Trinajstić information content (AvgIpc) is 2.21. The van der Waals surface area contributed by atoms with E-state index in [0.717, 1.165) is 5.56 Å². The number of halogens is 2. The quantitative estimate of drug-likeness (QED) is 0.809. The van der Waals surface area contributed by atoms with E-state index in [9.17, 15) is 0 Å². The van der Waals surface area contributed by atoms with Gasteiger partial charge in [0.05, 0.1) is 12.1 Å². The number of hydrogen-bond acceptors (Lipinski definition) is 2. The summed E-state index contributed by atoms with van der Waals surface area (Å²) in [4.78, 5) is 2.07. The number of rotatable bonds is 3. The van der Waals surface area contributed by atoms with E-state index in [2.05, 4.69) is 11.8 Å². The Morgan fingerprint density at radius 2 is 1.80 bits per heavy atom. The number of ether oxygens (including phenoxy) is 1. The second kappa shape index (κ2) is 5.06. The summed E-state index contributed by atoms with van der Waals surface area (Å²) >= 11 is 12.2. The largest absolute Gasteiger partial charge is 0.495 e. The van der Waals surface area contributed by atoms with Gasteiger partial charge in [-0.15, -0.1) is 0 Å². The minimum absolute atomic E-state index is 0.223. The van der Waals surface area contributed by atoms with Crippen LogP contribution in [0.15, 0.2) is 12.1 Å². The molecule has 1 rings (SSSR count). The molecule has 0 saturated heterocycles. The summed E-state index contributed by atoms with van der Waals surface area (Å²) in [6.07, 6.45) is 0. The molecule has 0 heterocycles. The van der Waals surface area contributed by atoms with Crippen molar-refractivity contribution in [2.24, 2.45) is 0 Å². The normalized spacial score (nSPS) is 13.0. The first kappa shape index (κ1) is 12.6. The van der Waals surface area contributed by atoms with E-state index >= 15 is 0 Å². The number of benzene rings is 1. The van der Waals surface area contributed by atoms with Gasteiger partial charge >= 0.3 is 0 Å². The summed E-state index contributed by atoms with van der Waals surface area (Å²) in [5.74, 6) is 0.608. The van der Waals surface area contributed by atoms with Gasteiger partial charge in [-0.1, -0.05) is 29.3 Å². The highest BCUT2D eigenvalue weighted by molar-refractivity contribution is 6.43. The van der Waals surface area contributed by atoms with E-state index in [1.165, 1.54) is 0 Å². The third-order valence-corrected chi connectivity index (χ3v) is 3.40. The lowest BCUT2D eigenvalue weighted by Crippen LogP contribution is -2.17. The van der Waals surface area contributed by atoms with Crippen LogP contribution in [0.5, 0.6) is 5.75 Å². The lowest BCUT2D eigenvalue weighted by molar-refractivity contribution is 0.321. The van der Waals surface area contributed by atoms with Crippen molar-refractivity contribution in [2.75, 3.05) is 21.2 Å². The molecule has 84 valence electrons. The van der Waals surface area contributed by atoms with Crippen molar-refractivity contribution >= 4 is 23.2 Å². The monoisotopic (exact) mass is 247 g/mol.